The molecule has 2 aromatic rings. The Labute approximate surface area is 88.4 Å². The molecule has 0 aromatic carbocycles. The van der Waals surface area contributed by atoms with E-state index in [2.05, 4.69) is 42.4 Å². The number of nitrogens with zero attached hydrogens (tertiary/aromatic N) is 1. The molecule has 2 heterocycles. The smallest absolute Gasteiger partial charge is 0.0487 e. The number of aryl methyl sites for hydroxylation is 1. The highest BCUT2D eigenvalue weighted by molar-refractivity contribution is 7.09. The first-order chi connectivity index (χ1) is 6.77. The van der Waals surface area contributed by atoms with Crippen LogP contribution in [-0.4, -0.2) is 4.98 Å². The molecule has 2 heteroatoms. The van der Waals surface area contributed by atoms with Crippen molar-refractivity contribution in [2.75, 3.05) is 0 Å². The summed E-state index contributed by atoms with van der Waals surface area (Å²) in [5, 5.41) is 2.11. The van der Waals surface area contributed by atoms with Crippen LogP contribution in [0.5, 0.6) is 0 Å². The fourth-order valence-corrected chi connectivity index (χ4v) is 2.15. The predicted octanol–water partition coefficient (Wildman–Crippen LogP) is 3.35. The Morgan fingerprint density at radius 2 is 2.14 bits per heavy atom. The molecule has 0 bridgehead atoms. The molecule has 0 saturated heterocycles. The average molecular weight is 203 g/mol. The zero-order valence-electron chi connectivity index (χ0n) is 8.45. The van der Waals surface area contributed by atoms with Gasteiger partial charge >= 0.3 is 0 Å². The summed E-state index contributed by atoms with van der Waals surface area (Å²) in [7, 11) is 0. The van der Waals surface area contributed by atoms with Crippen LogP contribution >= 0.6 is 11.3 Å². The van der Waals surface area contributed by atoms with Crippen LogP contribution < -0.4 is 0 Å². The van der Waals surface area contributed by atoms with E-state index in [1.165, 1.54) is 21.7 Å². The highest BCUT2D eigenvalue weighted by atomic mass is 32.1. The van der Waals surface area contributed by atoms with Crippen molar-refractivity contribution < 1.29 is 0 Å². The molecule has 0 aliphatic carbocycles. The standard InChI is InChI=1S/C12H13NS/c1-9-5-6-13-12(10(9)2)8-11-4-3-7-14-11/h3-7H,8H2,1-2H3. The number of thiophene rings is 1. The zero-order chi connectivity index (χ0) is 9.97. The molecule has 0 N–H and O–H groups in total. The maximum absolute atomic E-state index is 4.42. The Hall–Kier alpha value is -1.15. The highest BCUT2D eigenvalue weighted by Gasteiger charge is 2.03. The molecule has 2 aromatic heterocycles. The molecular weight excluding hydrogens is 190 g/mol. The summed E-state index contributed by atoms with van der Waals surface area (Å²) >= 11 is 1.79. The normalized spacial score (nSPS) is 10.4. The summed E-state index contributed by atoms with van der Waals surface area (Å²) in [6.45, 7) is 4.28. The first kappa shape index (κ1) is 9.41. The van der Waals surface area contributed by atoms with Gasteiger partial charge in [-0.25, -0.2) is 0 Å². The third-order valence-corrected chi connectivity index (χ3v) is 3.38. The van der Waals surface area contributed by atoms with Gasteiger partial charge in [0.15, 0.2) is 0 Å². The maximum atomic E-state index is 4.42. The third-order valence-electron chi connectivity index (χ3n) is 2.50. The lowest BCUT2D eigenvalue weighted by Crippen LogP contribution is -1.95. The second-order valence-corrected chi connectivity index (χ2v) is 4.49. The van der Waals surface area contributed by atoms with Gasteiger partial charge in [-0.2, -0.15) is 0 Å². The number of pyridine rings is 1. The average Bonchev–Trinajstić information content (AvgIpc) is 2.66. The first-order valence-corrected chi connectivity index (χ1v) is 5.59. The predicted molar refractivity (Wildman–Crippen MR) is 60.8 cm³/mol. The summed E-state index contributed by atoms with van der Waals surface area (Å²) in [4.78, 5) is 5.80. The van der Waals surface area contributed by atoms with Crippen molar-refractivity contribution in [1.82, 2.24) is 4.98 Å². The fraction of sp³-hybridized carbons (Fsp3) is 0.250. The van der Waals surface area contributed by atoms with Crippen molar-refractivity contribution in [3.8, 4) is 0 Å². The van der Waals surface area contributed by atoms with Crippen LogP contribution in [0.25, 0.3) is 0 Å². The highest BCUT2D eigenvalue weighted by Crippen LogP contribution is 2.17. The summed E-state index contributed by atoms with van der Waals surface area (Å²) in [6.07, 6.45) is 2.86. The fourth-order valence-electron chi connectivity index (χ4n) is 1.44. The Kier molecular flexibility index (Phi) is 2.64. The molecule has 14 heavy (non-hydrogen) atoms. The number of aromatic nitrogens is 1. The van der Waals surface area contributed by atoms with Gasteiger partial charge in [0.1, 0.15) is 0 Å². The van der Waals surface area contributed by atoms with Crippen molar-refractivity contribution in [3.05, 3.63) is 51.5 Å². The van der Waals surface area contributed by atoms with Crippen molar-refractivity contribution in [1.29, 1.82) is 0 Å². The molecule has 0 saturated carbocycles. The molecule has 0 amide bonds. The van der Waals surface area contributed by atoms with Crippen molar-refractivity contribution in [2.45, 2.75) is 20.3 Å². The first-order valence-electron chi connectivity index (χ1n) is 4.71. The van der Waals surface area contributed by atoms with E-state index in [4.69, 9.17) is 0 Å². The van der Waals surface area contributed by atoms with E-state index in [0.717, 1.165) is 6.42 Å². The van der Waals surface area contributed by atoms with Crippen molar-refractivity contribution in [3.63, 3.8) is 0 Å². The summed E-state index contributed by atoms with van der Waals surface area (Å²) in [6, 6.07) is 6.31. The monoisotopic (exact) mass is 203 g/mol. The molecule has 0 spiro atoms. The van der Waals surface area contributed by atoms with Crippen LogP contribution in [0.1, 0.15) is 21.7 Å². The van der Waals surface area contributed by atoms with Crippen LogP contribution in [0.2, 0.25) is 0 Å². The lowest BCUT2D eigenvalue weighted by atomic mass is 10.1. The molecule has 1 nitrogen and oxygen atoms in total. The van der Waals surface area contributed by atoms with Gasteiger partial charge in [-0.15, -0.1) is 11.3 Å². The molecule has 0 aliphatic heterocycles. The minimum Gasteiger partial charge on any atom is -0.261 e. The largest absolute Gasteiger partial charge is 0.261 e. The van der Waals surface area contributed by atoms with Gasteiger partial charge < -0.3 is 0 Å². The quantitative estimate of drug-likeness (QED) is 0.729. The van der Waals surface area contributed by atoms with E-state index >= 15 is 0 Å². The molecule has 72 valence electrons. The van der Waals surface area contributed by atoms with Crippen LogP contribution in [0.4, 0.5) is 0 Å². The van der Waals surface area contributed by atoms with Gasteiger partial charge in [0.2, 0.25) is 0 Å². The molecular formula is C12H13NS. The molecule has 0 fully saturated rings. The van der Waals surface area contributed by atoms with Gasteiger partial charge in [0.05, 0.1) is 0 Å². The number of rotatable bonds is 2. The third kappa shape index (κ3) is 1.85. The van der Waals surface area contributed by atoms with E-state index < -0.39 is 0 Å². The van der Waals surface area contributed by atoms with Crippen molar-refractivity contribution >= 4 is 11.3 Å². The molecule has 2 rings (SSSR count). The lowest BCUT2D eigenvalue weighted by Gasteiger charge is -2.05. The Bertz CT molecular complexity index is 418. The van der Waals surface area contributed by atoms with Crippen LogP contribution in [0.3, 0.4) is 0 Å². The Morgan fingerprint density at radius 1 is 1.29 bits per heavy atom. The SMILES string of the molecule is Cc1ccnc(Cc2cccs2)c1C. The van der Waals surface area contributed by atoms with Gasteiger partial charge in [-0.1, -0.05) is 6.07 Å². The van der Waals surface area contributed by atoms with Crippen LogP contribution in [0, 0.1) is 13.8 Å². The summed E-state index contributed by atoms with van der Waals surface area (Å²) in [5.74, 6) is 0. The second-order valence-electron chi connectivity index (χ2n) is 3.46. The second kappa shape index (κ2) is 3.93. The van der Waals surface area contributed by atoms with E-state index in [1.807, 2.05) is 6.20 Å². The summed E-state index contributed by atoms with van der Waals surface area (Å²) in [5.41, 5.74) is 3.85. The van der Waals surface area contributed by atoms with E-state index in [9.17, 15) is 0 Å². The van der Waals surface area contributed by atoms with Crippen LogP contribution in [0.15, 0.2) is 29.8 Å². The van der Waals surface area contributed by atoms with E-state index in [-0.39, 0.29) is 0 Å². The lowest BCUT2D eigenvalue weighted by molar-refractivity contribution is 1.04. The van der Waals surface area contributed by atoms with Gasteiger partial charge in [-0.3, -0.25) is 4.98 Å². The Balaban J connectivity index is 2.29. The minimum absolute atomic E-state index is 0.963. The molecule has 0 unspecified atom stereocenters. The number of hydrogen-bond donors (Lipinski definition) is 0. The molecule has 0 aliphatic rings. The summed E-state index contributed by atoms with van der Waals surface area (Å²) < 4.78 is 0. The van der Waals surface area contributed by atoms with Gasteiger partial charge in [0.25, 0.3) is 0 Å². The van der Waals surface area contributed by atoms with Crippen molar-refractivity contribution in [2.24, 2.45) is 0 Å². The Morgan fingerprint density at radius 3 is 2.86 bits per heavy atom. The zero-order valence-corrected chi connectivity index (χ0v) is 9.27. The van der Waals surface area contributed by atoms with E-state index in [0.29, 0.717) is 0 Å². The van der Waals surface area contributed by atoms with Crippen LogP contribution in [-0.2, 0) is 6.42 Å². The van der Waals surface area contributed by atoms with E-state index in [1.54, 1.807) is 11.3 Å². The minimum atomic E-state index is 0.963. The van der Waals surface area contributed by atoms with Gasteiger partial charge in [0, 0.05) is 23.2 Å². The number of hydrogen-bond acceptors (Lipinski definition) is 2. The molecule has 0 atom stereocenters. The van der Waals surface area contributed by atoms with Gasteiger partial charge in [-0.05, 0) is 42.5 Å². The molecule has 0 radical (unpaired) electrons. The topological polar surface area (TPSA) is 12.9 Å². The maximum Gasteiger partial charge on any atom is 0.0487 e.